The molecule has 1 aromatic carbocycles. The van der Waals surface area contributed by atoms with Crippen LogP contribution in [0.25, 0.3) is 0 Å². The van der Waals surface area contributed by atoms with E-state index in [1.807, 2.05) is 0 Å². The summed E-state index contributed by atoms with van der Waals surface area (Å²) in [4.78, 5) is 15.5. The third kappa shape index (κ3) is 3.24. The zero-order valence-electron chi connectivity index (χ0n) is 9.98. The van der Waals surface area contributed by atoms with Crippen LogP contribution < -0.4 is 10.5 Å². The van der Waals surface area contributed by atoms with Crippen molar-refractivity contribution in [3.8, 4) is 11.5 Å². The number of pyridine rings is 1. The lowest BCUT2D eigenvalue weighted by atomic mass is 10.1. The molecule has 2 N–H and O–H groups in total. The number of anilines is 1. The van der Waals surface area contributed by atoms with Crippen molar-refractivity contribution in [1.29, 1.82) is 0 Å². The number of aromatic nitrogens is 1. The Labute approximate surface area is 123 Å². The Morgan fingerprint density at radius 1 is 1.37 bits per heavy atom. The zero-order chi connectivity index (χ0) is 14.0. The van der Waals surface area contributed by atoms with Gasteiger partial charge in [0.2, 0.25) is 0 Å². The SMILES string of the molecule is CC(=O)c1cc(N)c(Br)cc1Oc1cncc(Cl)c1. The first-order chi connectivity index (χ1) is 8.97. The van der Waals surface area contributed by atoms with Gasteiger partial charge in [0.15, 0.2) is 5.78 Å². The molecule has 0 spiro atoms. The van der Waals surface area contributed by atoms with Gasteiger partial charge in [-0.1, -0.05) is 11.6 Å². The maximum absolute atomic E-state index is 11.6. The Bertz CT molecular complexity index is 647. The Kier molecular flexibility index (Phi) is 4.07. The first-order valence-corrected chi connectivity index (χ1v) is 6.53. The van der Waals surface area contributed by atoms with Gasteiger partial charge < -0.3 is 10.5 Å². The van der Waals surface area contributed by atoms with E-state index in [-0.39, 0.29) is 5.78 Å². The number of carbonyl (C=O) groups excluding carboxylic acids is 1. The molecule has 0 saturated carbocycles. The van der Waals surface area contributed by atoms with Crippen LogP contribution in [-0.2, 0) is 0 Å². The molecule has 0 aliphatic carbocycles. The summed E-state index contributed by atoms with van der Waals surface area (Å²) in [5, 5.41) is 0.455. The van der Waals surface area contributed by atoms with Gasteiger partial charge in [0.05, 0.1) is 16.8 Å². The van der Waals surface area contributed by atoms with E-state index in [0.29, 0.717) is 32.2 Å². The summed E-state index contributed by atoms with van der Waals surface area (Å²) in [6.07, 6.45) is 3.01. The highest BCUT2D eigenvalue weighted by Gasteiger charge is 2.13. The topological polar surface area (TPSA) is 65.2 Å². The summed E-state index contributed by atoms with van der Waals surface area (Å²) >= 11 is 9.13. The van der Waals surface area contributed by atoms with Crippen molar-refractivity contribution in [2.45, 2.75) is 6.92 Å². The summed E-state index contributed by atoms with van der Waals surface area (Å²) in [6, 6.07) is 4.83. The van der Waals surface area contributed by atoms with Crippen LogP contribution in [0.15, 0.2) is 35.1 Å². The molecule has 19 heavy (non-hydrogen) atoms. The molecule has 0 unspecified atom stereocenters. The summed E-state index contributed by atoms with van der Waals surface area (Å²) in [5.41, 5.74) is 6.63. The van der Waals surface area contributed by atoms with Crippen molar-refractivity contribution in [3.63, 3.8) is 0 Å². The average Bonchev–Trinajstić information content (AvgIpc) is 2.33. The Hall–Kier alpha value is -1.59. The minimum atomic E-state index is -0.135. The van der Waals surface area contributed by atoms with Crippen LogP contribution in [0, 0.1) is 0 Å². The number of hydrogen-bond acceptors (Lipinski definition) is 4. The minimum absolute atomic E-state index is 0.135. The van der Waals surface area contributed by atoms with Crippen molar-refractivity contribution < 1.29 is 9.53 Å². The first-order valence-electron chi connectivity index (χ1n) is 5.35. The van der Waals surface area contributed by atoms with Gasteiger partial charge in [-0.2, -0.15) is 0 Å². The van der Waals surface area contributed by atoms with Crippen LogP contribution in [-0.4, -0.2) is 10.8 Å². The molecule has 0 amide bonds. The number of nitrogens with two attached hydrogens (primary N) is 1. The Balaban J connectivity index is 2.44. The second-order valence-corrected chi connectivity index (χ2v) is 5.16. The molecule has 0 radical (unpaired) electrons. The quantitative estimate of drug-likeness (QED) is 0.675. The van der Waals surface area contributed by atoms with E-state index in [1.54, 1.807) is 18.2 Å². The second-order valence-electron chi connectivity index (χ2n) is 3.87. The fourth-order valence-corrected chi connectivity index (χ4v) is 1.99. The number of halogens is 2. The molecule has 0 aliphatic heterocycles. The molecule has 4 nitrogen and oxygen atoms in total. The summed E-state index contributed by atoms with van der Waals surface area (Å²) in [7, 11) is 0. The van der Waals surface area contributed by atoms with Crippen LogP contribution in [0.4, 0.5) is 5.69 Å². The van der Waals surface area contributed by atoms with Gasteiger partial charge in [-0.15, -0.1) is 0 Å². The van der Waals surface area contributed by atoms with E-state index in [2.05, 4.69) is 20.9 Å². The molecule has 1 heterocycles. The first kappa shape index (κ1) is 13.8. The highest BCUT2D eigenvalue weighted by molar-refractivity contribution is 9.10. The van der Waals surface area contributed by atoms with E-state index in [4.69, 9.17) is 22.1 Å². The Morgan fingerprint density at radius 3 is 2.74 bits per heavy atom. The molecular weight excluding hydrogens is 332 g/mol. The van der Waals surface area contributed by atoms with Crippen LogP contribution in [0.3, 0.4) is 0 Å². The van der Waals surface area contributed by atoms with Crippen molar-refractivity contribution >= 4 is 39.0 Å². The van der Waals surface area contributed by atoms with Crippen molar-refractivity contribution in [1.82, 2.24) is 4.98 Å². The molecule has 2 aromatic rings. The molecular formula is C13H10BrClN2O2. The molecule has 0 bridgehead atoms. The number of ketones is 1. The number of nitrogens with zero attached hydrogens (tertiary/aromatic N) is 1. The number of Topliss-reactive ketones (excluding diaryl/α,β-unsaturated/α-hetero) is 1. The highest BCUT2D eigenvalue weighted by Crippen LogP contribution is 2.33. The Morgan fingerprint density at radius 2 is 2.11 bits per heavy atom. The summed E-state index contributed by atoms with van der Waals surface area (Å²) < 4.78 is 6.29. The summed E-state index contributed by atoms with van der Waals surface area (Å²) in [5.74, 6) is 0.716. The fraction of sp³-hybridized carbons (Fsp3) is 0.0769. The molecule has 98 valence electrons. The van der Waals surface area contributed by atoms with E-state index in [9.17, 15) is 4.79 Å². The van der Waals surface area contributed by atoms with Gasteiger partial charge in [-0.3, -0.25) is 9.78 Å². The third-order valence-corrected chi connectivity index (χ3v) is 3.28. The second kappa shape index (κ2) is 5.59. The standard InChI is InChI=1S/C13H10BrClN2O2/c1-7(18)10-3-12(16)11(14)4-13(10)19-9-2-8(15)5-17-6-9/h2-6H,16H2,1H3. The van der Waals surface area contributed by atoms with E-state index in [1.165, 1.54) is 19.3 Å². The van der Waals surface area contributed by atoms with Crippen molar-refractivity contribution in [3.05, 3.63) is 45.7 Å². The van der Waals surface area contributed by atoms with Crippen LogP contribution in [0.1, 0.15) is 17.3 Å². The van der Waals surface area contributed by atoms with Crippen LogP contribution >= 0.6 is 27.5 Å². The third-order valence-electron chi connectivity index (χ3n) is 2.39. The average molecular weight is 342 g/mol. The number of benzene rings is 1. The van der Waals surface area contributed by atoms with E-state index < -0.39 is 0 Å². The van der Waals surface area contributed by atoms with Gasteiger partial charge in [0.1, 0.15) is 11.5 Å². The zero-order valence-corrected chi connectivity index (χ0v) is 12.3. The predicted octanol–water partition coefficient (Wildman–Crippen LogP) is 4.07. The molecule has 2 rings (SSSR count). The number of ether oxygens (including phenoxy) is 1. The molecule has 0 saturated heterocycles. The maximum atomic E-state index is 11.6. The lowest BCUT2D eigenvalue weighted by molar-refractivity contribution is 0.101. The number of carbonyl (C=O) groups is 1. The molecule has 6 heteroatoms. The van der Waals surface area contributed by atoms with Gasteiger partial charge in [0.25, 0.3) is 0 Å². The minimum Gasteiger partial charge on any atom is -0.455 e. The predicted molar refractivity (Wildman–Crippen MR) is 77.9 cm³/mol. The van der Waals surface area contributed by atoms with Crippen LogP contribution in [0.2, 0.25) is 5.02 Å². The molecule has 0 atom stereocenters. The monoisotopic (exact) mass is 340 g/mol. The number of nitrogen functional groups attached to an aromatic ring is 1. The maximum Gasteiger partial charge on any atom is 0.163 e. The van der Waals surface area contributed by atoms with E-state index >= 15 is 0 Å². The molecule has 0 fully saturated rings. The van der Waals surface area contributed by atoms with Gasteiger partial charge in [0, 0.05) is 22.4 Å². The number of rotatable bonds is 3. The van der Waals surface area contributed by atoms with Crippen LogP contribution in [0.5, 0.6) is 11.5 Å². The lowest BCUT2D eigenvalue weighted by Crippen LogP contribution is -2.00. The molecule has 0 aliphatic rings. The summed E-state index contributed by atoms with van der Waals surface area (Å²) in [6.45, 7) is 1.45. The fourth-order valence-electron chi connectivity index (χ4n) is 1.51. The van der Waals surface area contributed by atoms with Gasteiger partial charge in [-0.05, 0) is 35.0 Å². The lowest BCUT2D eigenvalue weighted by Gasteiger charge is -2.11. The van der Waals surface area contributed by atoms with E-state index in [0.717, 1.165) is 0 Å². The van der Waals surface area contributed by atoms with Crippen molar-refractivity contribution in [2.24, 2.45) is 0 Å². The smallest absolute Gasteiger partial charge is 0.163 e. The highest BCUT2D eigenvalue weighted by atomic mass is 79.9. The van der Waals surface area contributed by atoms with Crippen molar-refractivity contribution in [2.75, 3.05) is 5.73 Å². The largest absolute Gasteiger partial charge is 0.455 e. The van der Waals surface area contributed by atoms with Gasteiger partial charge in [-0.25, -0.2) is 0 Å². The molecule has 1 aromatic heterocycles. The van der Waals surface area contributed by atoms with Gasteiger partial charge >= 0.3 is 0 Å². The number of hydrogen-bond donors (Lipinski definition) is 1. The normalized spacial score (nSPS) is 10.3.